The Balaban J connectivity index is 0. The lowest BCUT2D eigenvalue weighted by atomic mass is 9.85. The van der Waals surface area contributed by atoms with Crippen LogP contribution in [0, 0.1) is 17.3 Å². The van der Waals surface area contributed by atoms with E-state index in [-0.39, 0.29) is 11.6 Å². The van der Waals surface area contributed by atoms with Crippen molar-refractivity contribution in [3.63, 3.8) is 0 Å². The number of nitrogens with zero attached hydrogens (tertiary/aromatic N) is 2. The van der Waals surface area contributed by atoms with Gasteiger partial charge in [0.1, 0.15) is 6.79 Å². The number of hydrogen-bond donors (Lipinski definition) is 2. The number of likely N-dealkylation sites (tertiary alicyclic amines) is 1. The number of nitrogens with one attached hydrogen (secondary N) is 2. The van der Waals surface area contributed by atoms with Gasteiger partial charge in [-0.25, -0.2) is 4.79 Å². The van der Waals surface area contributed by atoms with Crippen molar-refractivity contribution in [1.29, 1.82) is 0 Å². The zero-order valence-electron chi connectivity index (χ0n) is 21.0. The van der Waals surface area contributed by atoms with Gasteiger partial charge in [-0.15, -0.1) is 0 Å². The van der Waals surface area contributed by atoms with Gasteiger partial charge in [0.25, 0.3) is 0 Å². The van der Waals surface area contributed by atoms with Gasteiger partial charge in [0.05, 0.1) is 0 Å². The van der Waals surface area contributed by atoms with Crippen LogP contribution in [0.1, 0.15) is 68.2 Å². The molecule has 0 saturated carbocycles. The third-order valence-corrected chi connectivity index (χ3v) is 5.40. The first kappa shape index (κ1) is 30.1. The Bertz CT molecular complexity index is 435. The van der Waals surface area contributed by atoms with Crippen molar-refractivity contribution in [2.75, 3.05) is 46.8 Å². The molecule has 0 aromatic rings. The van der Waals surface area contributed by atoms with Crippen LogP contribution in [0.2, 0.25) is 0 Å². The second-order valence-corrected chi connectivity index (χ2v) is 10.3. The van der Waals surface area contributed by atoms with Gasteiger partial charge >= 0.3 is 6.03 Å². The fourth-order valence-corrected chi connectivity index (χ4v) is 3.55. The molecule has 174 valence electrons. The molecule has 0 aromatic heterocycles. The van der Waals surface area contributed by atoms with Crippen molar-refractivity contribution in [1.82, 2.24) is 20.4 Å². The minimum Gasteiger partial charge on any atom is -0.336 e. The van der Waals surface area contributed by atoms with Gasteiger partial charge in [-0.1, -0.05) is 41.5 Å². The van der Waals surface area contributed by atoms with Crippen LogP contribution in [0.3, 0.4) is 0 Å². The van der Waals surface area contributed by atoms with Crippen molar-refractivity contribution in [3.8, 4) is 0 Å². The van der Waals surface area contributed by atoms with Crippen LogP contribution in [-0.4, -0.2) is 75.0 Å². The molecule has 2 atom stereocenters. The fourth-order valence-electron chi connectivity index (χ4n) is 3.55. The Morgan fingerprint density at radius 3 is 2.17 bits per heavy atom. The zero-order valence-corrected chi connectivity index (χ0v) is 21.0. The molecular weight excluding hydrogens is 364 g/mol. The molecule has 1 saturated heterocycles. The number of hydrogen-bond acceptors (Lipinski definition) is 4. The third kappa shape index (κ3) is 14.5. The highest BCUT2D eigenvalue weighted by molar-refractivity contribution is 5.74. The SMILES string of the molecule is C=O.CCN(C)C(C)(C)CNC(=O)N1CCC(C)C1.CNCC(C)CC(C)(C)C. The van der Waals surface area contributed by atoms with Crippen LogP contribution in [0.5, 0.6) is 0 Å². The fraction of sp³-hybridized carbons (Fsp3) is 0.913. The summed E-state index contributed by atoms with van der Waals surface area (Å²) in [5, 5.41) is 6.24. The molecule has 6 heteroatoms. The second-order valence-electron chi connectivity index (χ2n) is 10.3. The third-order valence-electron chi connectivity index (χ3n) is 5.40. The van der Waals surface area contributed by atoms with E-state index in [9.17, 15) is 4.79 Å². The minimum absolute atomic E-state index is 0.00967. The van der Waals surface area contributed by atoms with E-state index >= 15 is 0 Å². The van der Waals surface area contributed by atoms with Crippen molar-refractivity contribution < 1.29 is 9.59 Å². The molecule has 2 amide bonds. The van der Waals surface area contributed by atoms with Crippen LogP contribution in [0.15, 0.2) is 0 Å². The summed E-state index contributed by atoms with van der Waals surface area (Å²) in [6.45, 7) is 24.4. The molecule has 0 aromatic carbocycles. The molecule has 1 heterocycles. The molecule has 0 bridgehead atoms. The van der Waals surface area contributed by atoms with Crippen LogP contribution in [0.4, 0.5) is 4.79 Å². The molecule has 2 N–H and O–H groups in total. The van der Waals surface area contributed by atoms with Crippen LogP contribution >= 0.6 is 0 Å². The first-order chi connectivity index (χ1) is 13.3. The van der Waals surface area contributed by atoms with Gasteiger partial charge in [0, 0.05) is 25.2 Å². The van der Waals surface area contributed by atoms with Crippen LogP contribution < -0.4 is 10.6 Å². The summed E-state index contributed by atoms with van der Waals surface area (Å²) in [6, 6.07) is 0.0897. The first-order valence-electron chi connectivity index (χ1n) is 11.0. The Morgan fingerprint density at radius 1 is 1.24 bits per heavy atom. The monoisotopic (exact) mass is 414 g/mol. The maximum absolute atomic E-state index is 11.9. The van der Waals surface area contributed by atoms with Gasteiger partial charge in [0.15, 0.2) is 0 Å². The van der Waals surface area contributed by atoms with E-state index in [0.717, 1.165) is 38.5 Å². The highest BCUT2D eigenvalue weighted by Gasteiger charge is 2.26. The number of carbonyl (C=O) groups excluding carboxylic acids is 2. The summed E-state index contributed by atoms with van der Waals surface area (Å²) >= 11 is 0. The molecule has 6 nitrogen and oxygen atoms in total. The number of carbonyl (C=O) groups is 2. The molecule has 2 unspecified atom stereocenters. The van der Waals surface area contributed by atoms with Gasteiger partial charge in [0.2, 0.25) is 0 Å². The van der Waals surface area contributed by atoms with Crippen molar-refractivity contribution in [2.45, 2.75) is 73.8 Å². The van der Waals surface area contributed by atoms with Crippen LogP contribution in [0.25, 0.3) is 0 Å². The van der Waals surface area contributed by atoms with E-state index in [1.807, 2.05) is 18.7 Å². The lowest BCUT2D eigenvalue weighted by molar-refractivity contribution is -0.0980. The number of rotatable bonds is 7. The highest BCUT2D eigenvalue weighted by atomic mass is 16.2. The summed E-state index contributed by atoms with van der Waals surface area (Å²) in [5.41, 5.74) is 0.492. The van der Waals surface area contributed by atoms with Gasteiger partial charge in [-0.05, 0) is 71.1 Å². The molecule has 1 rings (SSSR count). The minimum atomic E-state index is 0.00967. The average molecular weight is 415 g/mol. The van der Waals surface area contributed by atoms with E-state index in [4.69, 9.17) is 4.79 Å². The van der Waals surface area contributed by atoms with Gasteiger partial charge in [-0.2, -0.15) is 0 Å². The Kier molecular flexibility index (Phi) is 15.3. The predicted molar refractivity (Wildman–Crippen MR) is 125 cm³/mol. The summed E-state index contributed by atoms with van der Waals surface area (Å²) in [7, 11) is 4.10. The quantitative estimate of drug-likeness (QED) is 0.664. The van der Waals surface area contributed by atoms with Crippen molar-refractivity contribution in [2.24, 2.45) is 17.3 Å². The normalized spacial score (nSPS) is 17.8. The molecular formula is C23H50N4O2. The highest BCUT2D eigenvalue weighted by Crippen LogP contribution is 2.23. The smallest absolute Gasteiger partial charge is 0.317 e. The van der Waals surface area contributed by atoms with Crippen molar-refractivity contribution in [3.05, 3.63) is 0 Å². The summed E-state index contributed by atoms with van der Waals surface area (Å²) in [6.07, 6.45) is 2.43. The lowest BCUT2D eigenvalue weighted by Crippen LogP contribution is -2.52. The lowest BCUT2D eigenvalue weighted by Gasteiger charge is -2.35. The topological polar surface area (TPSA) is 64.7 Å². The first-order valence-corrected chi connectivity index (χ1v) is 11.0. The van der Waals surface area contributed by atoms with Crippen molar-refractivity contribution >= 4 is 12.8 Å². The molecule has 0 radical (unpaired) electrons. The van der Waals surface area contributed by atoms with Gasteiger partial charge < -0.3 is 20.3 Å². The van der Waals surface area contributed by atoms with Gasteiger partial charge in [-0.3, -0.25) is 4.90 Å². The maximum Gasteiger partial charge on any atom is 0.317 e. The number of urea groups is 1. The predicted octanol–water partition coefficient (Wildman–Crippen LogP) is 3.86. The van der Waals surface area contributed by atoms with E-state index in [0.29, 0.717) is 17.9 Å². The van der Waals surface area contributed by atoms with E-state index in [2.05, 4.69) is 78.0 Å². The molecule has 1 fully saturated rings. The summed E-state index contributed by atoms with van der Waals surface area (Å²) < 4.78 is 0. The summed E-state index contributed by atoms with van der Waals surface area (Å²) in [5.74, 6) is 1.44. The number of amides is 2. The Morgan fingerprint density at radius 2 is 1.79 bits per heavy atom. The largest absolute Gasteiger partial charge is 0.336 e. The molecule has 0 aliphatic carbocycles. The Labute approximate surface area is 181 Å². The van der Waals surface area contributed by atoms with E-state index in [1.165, 1.54) is 6.42 Å². The van der Waals surface area contributed by atoms with E-state index in [1.54, 1.807) is 0 Å². The number of likely N-dealkylation sites (N-methyl/N-ethyl adjacent to an activating group) is 1. The average Bonchev–Trinajstić information content (AvgIpc) is 3.06. The van der Waals surface area contributed by atoms with Crippen LogP contribution in [-0.2, 0) is 4.79 Å². The second kappa shape index (κ2) is 14.8. The summed E-state index contributed by atoms with van der Waals surface area (Å²) in [4.78, 5) is 24.1. The molecule has 0 spiro atoms. The molecule has 29 heavy (non-hydrogen) atoms. The van der Waals surface area contributed by atoms with E-state index < -0.39 is 0 Å². The molecule has 1 aliphatic heterocycles. The maximum atomic E-state index is 11.9. The zero-order chi connectivity index (χ0) is 23.3. The molecule has 1 aliphatic rings. The standard InChI is InChI=1S/C13H27N3O.C9H21N.CH2O/c1-6-15(5)13(3,4)10-14-12(17)16-8-7-11(2)9-16;1-8(7-10-5)6-9(2,3)4;1-2/h11H,6-10H2,1-5H3,(H,14,17);8,10H,6-7H2,1-5H3;1H2. The Hall–Kier alpha value is -1.14.